The first kappa shape index (κ1) is 22.9. The normalized spacial score (nSPS) is 17.0. The van der Waals surface area contributed by atoms with Crippen LogP contribution in [0, 0.1) is 0 Å². The highest BCUT2D eigenvalue weighted by Gasteiger charge is 2.49. The van der Waals surface area contributed by atoms with Crippen LogP contribution < -0.4 is 4.90 Å². The molecular weight excluding hydrogens is 456 g/mol. The van der Waals surface area contributed by atoms with Gasteiger partial charge < -0.3 is 19.8 Å². The Balaban J connectivity index is 1.51. The van der Waals surface area contributed by atoms with E-state index in [4.69, 9.17) is 9.84 Å². The summed E-state index contributed by atoms with van der Waals surface area (Å²) in [5, 5.41) is 19.5. The van der Waals surface area contributed by atoms with E-state index in [2.05, 4.69) is 15.0 Å². The summed E-state index contributed by atoms with van der Waals surface area (Å²) in [6.07, 6.45) is 4.99. The smallest absolute Gasteiger partial charge is 0.229 e. The fourth-order valence-corrected chi connectivity index (χ4v) is 5.47. The fourth-order valence-electron chi connectivity index (χ4n) is 4.42. The highest BCUT2D eigenvalue weighted by Crippen LogP contribution is 2.48. The zero-order valence-corrected chi connectivity index (χ0v) is 19.8. The molecule has 5 rings (SSSR count). The molecule has 2 aliphatic heterocycles. The molecule has 178 valence electrons. The van der Waals surface area contributed by atoms with Crippen molar-refractivity contribution >= 4 is 21.5 Å². The number of pyridine rings is 1. The molecule has 0 aliphatic carbocycles. The quantitative estimate of drug-likeness (QED) is 0.542. The minimum Gasteiger partial charge on any atom is -0.395 e. The summed E-state index contributed by atoms with van der Waals surface area (Å²) >= 11 is 0. The van der Waals surface area contributed by atoms with Crippen LogP contribution in [0.5, 0.6) is 0 Å². The number of aromatic nitrogens is 3. The number of ether oxygens (including phenoxy) is 1. The van der Waals surface area contributed by atoms with E-state index in [-0.39, 0.29) is 16.1 Å². The lowest BCUT2D eigenvalue weighted by molar-refractivity contribution is -0.0507. The summed E-state index contributed by atoms with van der Waals surface area (Å²) in [6, 6.07) is 8.64. The SMILES string of the molecule is CC(C)(O)c1ccnc(-c2cnc(N3CC4(COC4)c4ccc(S(=O)(=O)CCO)cc43)nc2)c1. The highest BCUT2D eigenvalue weighted by molar-refractivity contribution is 7.91. The molecule has 3 aromatic rings. The second-order valence-corrected chi connectivity index (χ2v) is 11.5. The van der Waals surface area contributed by atoms with Crippen molar-refractivity contribution in [3.8, 4) is 11.3 Å². The zero-order valence-electron chi connectivity index (χ0n) is 19.0. The maximum atomic E-state index is 12.6. The number of nitrogens with zero attached hydrogens (tertiary/aromatic N) is 4. The van der Waals surface area contributed by atoms with E-state index < -0.39 is 22.0 Å². The van der Waals surface area contributed by atoms with E-state index >= 15 is 0 Å². The van der Waals surface area contributed by atoms with E-state index in [0.29, 0.717) is 37.0 Å². The number of hydrogen-bond acceptors (Lipinski definition) is 9. The molecule has 1 fully saturated rings. The van der Waals surface area contributed by atoms with Crippen LogP contribution in [0.25, 0.3) is 11.3 Å². The van der Waals surface area contributed by atoms with Gasteiger partial charge in [-0.15, -0.1) is 0 Å². The molecule has 2 N–H and O–H groups in total. The average molecular weight is 483 g/mol. The van der Waals surface area contributed by atoms with Crippen LogP contribution in [0.3, 0.4) is 0 Å². The maximum Gasteiger partial charge on any atom is 0.229 e. The molecule has 0 unspecified atom stereocenters. The molecule has 1 saturated heterocycles. The second-order valence-electron chi connectivity index (χ2n) is 9.34. The number of rotatable bonds is 6. The van der Waals surface area contributed by atoms with Crippen molar-refractivity contribution in [1.29, 1.82) is 0 Å². The van der Waals surface area contributed by atoms with Gasteiger partial charge in [0.2, 0.25) is 5.95 Å². The lowest BCUT2D eigenvalue weighted by atomic mass is 9.81. The Hall–Kier alpha value is -2.92. The van der Waals surface area contributed by atoms with E-state index in [1.54, 1.807) is 50.6 Å². The largest absolute Gasteiger partial charge is 0.395 e. The molecule has 0 atom stereocenters. The van der Waals surface area contributed by atoms with Crippen LogP contribution in [0.1, 0.15) is 25.0 Å². The number of fused-ring (bicyclic) bond motifs is 2. The third kappa shape index (κ3) is 3.86. The number of sulfone groups is 1. The van der Waals surface area contributed by atoms with Crippen molar-refractivity contribution in [2.45, 2.75) is 29.8 Å². The molecule has 4 heterocycles. The van der Waals surface area contributed by atoms with Gasteiger partial charge in [-0.1, -0.05) is 6.07 Å². The van der Waals surface area contributed by atoms with Crippen LogP contribution >= 0.6 is 0 Å². The summed E-state index contributed by atoms with van der Waals surface area (Å²) in [5.74, 6) is 0.117. The second kappa shape index (κ2) is 8.09. The van der Waals surface area contributed by atoms with Gasteiger partial charge in [-0.05, 0) is 49.2 Å². The lowest BCUT2D eigenvalue weighted by Crippen LogP contribution is -2.49. The molecule has 2 aromatic heterocycles. The van der Waals surface area contributed by atoms with E-state index in [1.165, 1.54) is 0 Å². The highest BCUT2D eigenvalue weighted by atomic mass is 32.2. The topological polar surface area (TPSA) is 126 Å². The molecule has 9 nitrogen and oxygen atoms in total. The van der Waals surface area contributed by atoms with Gasteiger partial charge in [-0.3, -0.25) is 4.98 Å². The van der Waals surface area contributed by atoms with E-state index in [1.807, 2.05) is 17.0 Å². The summed E-state index contributed by atoms with van der Waals surface area (Å²) in [7, 11) is -3.60. The average Bonchev–Trinajstić information content (AvgIpc) is 3.14. The van der Waals surface area contributed by atoms with Gasteiger partial charge in [-0.25, -0.2) is 18.4 Å². The van der Waals surface area contributed by atoms with Crippen molar-refractivity contribution in [3.05, 3.63) is 60.0 Å². The molecule has 0 bridgehead atoms. The van der Waals surface area contributed by atoms with Gasteiger partial charge in [0.1, 0.15) is 0 Å². The molecule has 0 amide bonds. The fraction of sp³-hybridized carbons (Fsp3) is 0.375. The Morgan fingerprint density at radius 3 is 2.47 bits per heavy atom. The number of benzene rings is 1. The third-order valence-corrected chi connectivity index (χ3v) is 8.10. The van der Waals surface area contributed by atoms with Gasteiger partial charge in [0, 0.05) is 36.4 Å². The minimum absolute atomic E-state index is 0.159. The van der Waals surface area contributed by atoms with Gasteiger partial charge in [0.15, 0.2) is 9.84 Å². The van der Waals surface area contributed by atoms with E-state index in [0.717, 1.165) is 16.8 Å². The van der Waals surface area contributed by atoms with Gasteiger partial charge in [0.25, 0.3) is 0 Å². The van der Waals surface area contributed by atoms with E-state index in [9.17, 15) is 13.5 Å². The standard InChI is InChI=1S/C24H26N4O5S/c1-23(2,30)17-5-6-25-20(9-17)16-11-26-22(27-12-16)28-13-24(14-33-15-24)19-4-3-18(10-21(19)28)34(31,32)8-7-29/h3-6,9-12,29-30H,7-8,13-15H2,1-2H3. The monoisotopic (exact) mass is 482 g/mol. The van der Waals surface area contributed by atoms with Crippen molar-refractivity contribution in [3.63, 3.8) is 0 Å². The van der Waals surface area contributed by atoms with Crippen molar-refractivity contribution in [2.24, 2.45) is 0 Å². The lowest BCUT2D eigenvalue weighted by Gasteiger charge is -2.38. The summed E-state index contributed by atoms with van der Waals surface area (Å²) in [6.45, 7) is 4.67. The minimum atomic E-state index is -3.60. The molecule has 0 radical (unpaired) electrons. The van der Waals surface area contributed by atoms with Crippen LogP contribution in [-0.2, 0) is 25.6 Å². The third-order valence-electron chi connectivity index (χ3n) is 6.41. The Kier molecular flexibility index (Phi) is 5.44. The maximum absolute atomic E-state index is 12.6. The van der Waals surface area contributed by atoms with Gasteiger partial charge in [-0.2, -0.15) is 0 Å². The summed E-state index contributed by atoms with van der Waals surface area (Å²) < 4.78 is 30.6. The van der Waals surface area contributed by atoms with Crippen LogP contribution in [0.2, 0.25) is 0 Å². The zero-order chi connectivity index (χ0) is 24.1. The van der Waals surface area contributed by atoms with Crippen LogP contribution in [0.15, 0.2) is 53.8 Å². The molecule has 1 aromatic carbocycles. The molecule has 10 heteroatoms. The first-order chi connectivity index (χ1) is 16.1. The Morgan fingerprint density at radius 1 is 1.12 bits per heavy atom. The number of hydrogen-bond donors (Lipinski definition) is 2. The van der Waals surface area contributed by atoms with Crippen molar-refractivity contribution < 1.29 is 23.4 Å². The Bertz CT molecular complexity index is 1330. The number of anilines is 2. The first-order valence-corrected chi connectivity index (χ1v) is 12.6. The number of aliphatic hydroxyl groups excluding tert-OH is 1. The van der Waals surface area contributed by atoms with Crippen LogP contribution in [-0.4, -0.2) is 65.7 Å². The first-order valence-electron chi connectivity index (χ1n) is 11.0. The van der Waals surface area contributed by atoms with Gasteiger partial charge >= 0.3 is 0 Å². The predicted molar refractivity (Wildman–Crippen MR) is 126 cm³/mol. The van der Waals surface area contributed by atoms with Crippen LogP contribution in [0.4, 0.5) is 11.6 Å². The molecular formula is C24H26N4O5S. The van der Waals surface area contributed by atoms with Gasteiger partial charge in [0.05, 0.1) is 47.2 Å². The Labute approximate surface area is 198 Å². The molecule has 34 heavy (non-hydrogen) atoms. The Morgan fingerprint density at radius 2 is 1.85 bits per heavy atom. The van der Waals surface area contributed by atoms with Crippen molar-refractivity contribution in [1.82, 2.24) is 15.0 Å². The number of aliphatic hydroxyl groups is 2. The van der Waals surface area contributed by atoms with Crippen molar-refractivity contribution in [2.75, 3.05) is 37.0 Å². The molecule has 1 spiro atoms. The predicted octanol–water partition coefficient (Wildman–Crippen LogP) is 1.95. The summed E-state index contributed by atoms with van der Waals surface area (Å²) in [4.78, 5) is 15.6. The summed E-state index contributed by atoms with van der Waals surface area (Å²) in [5.41, 5.74) is 2.61. The molecule has 2 aliphatic rings. The molecule has 0 saturated carbocycles.